The van der Waals surface area contributed by atoms with E-state index in [0.717, 1.165) is 11.8 Å². The molecule has 136 valence electrons. The van der Waals surface area contributed by atoms with Crippen molar-refractivity contribution in [2.75, 3.05) is 6.26 Å². The summed E-state index contributed by atoms with van der Waals surface area (Å²) in [7, 11) is -3.25. The van der Waals surface area contributed by atoms with Gasteiger partial charge < -0.3 is 4.74 Å². The molecule has 2 aromatic carbocycles. The van der Waals surface area contributed by atoms with Crippen molar-refractivity contribution in [2.45, 2.75) is 32.7 Å². The minimum absolute atomic E-state index is 0.167. The van der Waals surface area contributed by atoms with Crippen LogP contribution in [0.15, 0.2) is 48.5 Å². The Morgan fingerprint density at radius 1 is 1.12 bits per heavy atom. The van der Waals surface area contributed by atoms with E-state index < -0.39 is 10.0 Å². The fourth-order valence-electron chi connectivity index (χ4n) is 2.25. The first-order chi connectivity index (χ1) is 11.9. The van der Waals surface area contributed by atoms with E-state index in [2.05, 4.69) is 10.0 Å². The van der Waals surface area contributed by atoms with Crippen LogP contribution in [-0.2, 0) is 23.2 Å². The number of sulfonamides is 1. The summed E-state index contributed by atoms with van der Waals surface area (Å²) >= 11 is 0. The van der Waals surface area contributed by atoms with Gasteiger partial charge in [0.2, 0.25) is 10.0 Å². The lowest BCUT2D eigenvalue weighted by atomic mass is 10.2. The zero-order valence-corrected chi connectivity index (χ0v) is 15.1. The van der Waals surface area contributed by atoms with Gasteiger partial charge in [0.25, 0.3) is 0 Å². The van der Waals surface area contributed by atoms with Crippen LogP contribution in [-0.4, -0.2) is 20.8 Å². The monoisotopic (exact) mass is 366 g/mol. The molecule has 0 fully saturated rings. The maximum atomic E-state index is 13.5. The highest BCUT2D eigenvalue weighted by molar-refractivity contribution is 7.88. The zero-order valence-electron chi connectivity index (χ0n) is 14.3. The van der Waals surface area contributed by atoms with Crippen molar-refractivity contribution in [3.8, 4) is 5.75 Å². The van der Waals surface area contributed by atoms with E-state index in [1.54, 1.807) is 18.2 Å². The number of rotatable bonds is 9. The van der Waals surface area contributed by atoms with Crippen LogP contribution < -0.4 is 14.8 Å². The third-order valence-corrected chi connectivity index (χ3v) is 4.31. The summed E-state index contributed by atoms with van der Waals surface area (Å²) in [4.78, 5) is 0. The third kappa shape index (κ3) is 6.81. The van der Waals surface area contributed by atoms with E-state index in [1.165, 1.54) is 6.07 Å². The average molecular weight is 366 g/mol. The zero-order chi connectivity index (χ0) is 18.3. The number of hydrogen-bond donors (Lipinski definition) is 2. The number of ether oxygens (including phenoxy) is 1. The van der Waals surface area contributed by atoms with Gasteiger partial charge in [-0.25, -0.2) is 12.8 Å². The lowest BCUT2D eigenvalue weighted by molar-refractivity contribution is 0.299. The topological polar surface area (TPSA) is 67.4 Å². The molecule has 25 heavy (non-hydrogen) atoms. The normalized spacial score (nSPS) is 12.8. The van der Waals surface area contributed by atoms with Gasteiger partial charge in [0.15, 0.2) is 0 Å². The van der Waals surface area contributed by atoms with Gasteiger partial charge in [-0.15, -0.1) is 0 Å². The molecule has 0 amide bonds. The molecule has 0 saturated carbocycles. The van der Waals surface area contributed by atoms with E-state index in [9.17, 15) is 12.8 Å². The molecule has 0 unspecified atom stereocenters. The van der Waals surface area contributed by atoms with Crippen molar-refractivity contribution in [1.82, 2.24) is 10.0 Å². The second-order valence-electron chi connectivity index (χ2n) is 5.76. The Morgan fingerprint density at radius 3 is 2.40 bits per heavy atom. The summed E-state index contributed by atoms with van der Waals surface area (Å²) in [5, 5.41) is 3.15. The minimum atomic E-state index is -3.25. The van der Waals surface area contributed by atoms with E-state index >= 15 is 0 Å². The first kappa shape index (κ1) is 19.4. The van der Waals surface area contributed by atoms with Crippen LogP contribution in [0.2, 0.25) is 0 Å². The standard InChI is InChI=1S/C18H23FN2O3S/c1-3-18(21-25(2,22)23)20-12-14-8-10-16(11-9-14)24-13-15-6-4-5-7-17(15)19/h4-11,18,20-21H,3,12-13H2,1-2H3/t18-/m1/s1. The highest BCUT2D eigenvalue weighted by atomic mass is 32.2. The lowest BCUT2D eigenvalue weighted by Crippen LogP contribution is -2.44. The molecule has 2 rings (SSSR count). The number of halogens is 1. The van der Waals surface area contributed by atoms with E-state index in [-0.39, 0.29) is 18.6 Å². The molecule has 0 bridgehead atoms. The minimum Gasteiger partial charge on any atom is -0.489 e. The maximum Gasteiger partial charge on any atom is 0.210 e. The molecule has 2 aromatic rings. The average Bonchev–Trinajstić information content (AvgIpc) is 2.58. The summed E-state index contributed by atoms with van der Waals surface area (Å²) in [6.07, 6.45) is 1.46. The van der Waals surface area contributed by atoms with Crippen molar-refractivity contribution in [1.29, 1.82) is 0 Å². The van der Waals surface area contributed by atoms with Crippen molar-refractivity contribution >= 4 is 10.0 Å². The Morgan fingerprint density at radius 2 is 1.80 bits per heavy atom. The molecule has 0 saturated heterocycles. The van der Waals surface area contributed by atoms with E-state index in [0.29, 0.717) is 24.3 Å². The van der Waals surface area contributed by atoms with Crippen LogP contribution in [0.1, 0.15) is 24.5 Å². The van der Waals surface area contributed by atoms with Gasteiger partial charge in [-0.3, -0.25) is 5.32 Å². The molecule has 0 aromatic heterocycles. The van der Waals surface area contributed by atoms with Gasteiger partial charge in [0, 0.05) is 12.1 Å². The fourth-order valence-corrected chi connectivity index (χ4v) is 3.02. The quantitative estimate of drug-likeness (QED) is 0.670. The maximum absolute atomic E-state index is 13.5. The van der Waals surface area contributed by atoms with Crippen LogP contribution in [0.4, 0.5) is 4.39 Å². The molecule has 0 spiro atoms. The van der Waals surface area contributed by atoms with Crippen molar-refractivity contribution in [2.24, 2.45) is 0 Å². The Bertz CT molecular complexity index is 779. The fraction of sp³-hybridized carbons (Fsp3) is 0.333. The van der Waals surface area contributed by atoms with Crippen molar-refractivity contribution < 1.29 is 17.5 Å². The molecular formula is C18H23FN2O3S. The predicted molar refractivity (Wildman–Crippen MR) is 96.1 cm³/mol. The highest BCUT2D eigenvalue weighted by Gasteiger charge is 2.10. The third-order valence-electron chi connectivity index (χ3n) is 3.59. The molecular weight excluding hydrogens is 343 g/mol. The Kier molecular flexibility index (Phi) is 6.92. The van der Waals surface area contributed by atoms with Crippen LogP contribution >= 0.6 is 0 Å². The van der Waals surface area contributed by atoms with Crippen LogP contribution in [0, 0.1) is 5.82 Å². The molecule has 5 nitrogen and oxygen atoms in total. The Balaban J connectivity index is 1.86. The van der Waals surface area contributed by atoms with Crippen molar-refractivity contribution in [3.05, 3.63) is 65.5 Å². The van der Waals surface area contributed by atoms with Crippen LogP contribution in [0.25, 0.3) is 0 Å². The van der Waals surface area contributed by atoms with E-state index in [1.807, 2.05) is 31.2 Å². The van der Waals surface area contributed by atoms with Gasteiger partial charge in [-0.2, -0.15) is 4.72 Å². The van der Waals surface area contributed by atoms with Crippen LogP contribution in [0.3, 0.4) is 0 Å². The first-order valence-electron chi connectivity index (χ1n) is 8.03. The van der Waals surface area contributed by atoms with Gasteiger partial charge in [0.1, 0.15) is 18.2 Å². The van der Waals surface area contributed by atoms with Gasteiger partial charge in [-0.1, -0.05) is 37.3 Å². The molecule has 2 N–H and O–H groups in total. The summed E-state index contributed by atoms with van der Waals surface area (Å²) in [5.41, 5.74) is 1.50. The molecule has 0 heterocycles. The lowest BCUT2D eigenvalue weighted by Gasteiger charge is -2.17. The molecule has 0 aliphatic carbocycles. The smallest absolute Gasteiger partial charge is 0.210 e. The van der Waals surface area contributed by atoms with Crippen LogP contribution in [0.5, 0.6) is 5.75 Å². The number of nitrogens with one attached hydrogen (secondary N) is 2. The molecule has 7 heteroatoms. The summed E-state index contributed by atoms with van der Waals surface area (Å²) < 4.78 is 44.2. The second kappa shape index (κ2) is 8.94. The highest BCUT2D eigenvalue weighted by Crippen LogP contribution is 2.15. The molecule has 0 radical (unpaired) electrons. The molecule has 1 atom stereocenters. The first-order valence-corrected chi connectivity index (χ1v) is 9.92. The van der Waals surface area contributed by atoms with Gasteiger partial charge in [-0.05, 0) is 30.2 Å². The molecule has 0 aliphatic rings. The Labute approximate surface area is 148 Å². The van der Waals surface area contributed by atoms with E-state index in [4.69, 9.17) is 4.74 Å². The predicted octanol–water partition coefficient (Wildman–Crippen LogP) is 2.78. The van der Waals surface area contributed by atoms with Gasteiger partial charge in [0.05, 0.1) is 12.4 Å². The Hall–Kier alpha value is -1.96. The largest absolute Gasteiger partial charge is 0.489 e. The SMILES string of the molecule is CC[C@H](NCc1ccc(OCc2ccccc2F)cc1)NS(C)(=O)=O. The number of hydrogen-bond acceptors (Lipinski definition) is 4. The molecule has 0 aliphatic heterocycles. The number of benzene rings is 2. The van der Waals surface area contributed by atoms with Gasteiger partial charge >= 0.3 is 0 Å². The summed E-state index contributed by atoms with van der Waals surface area (Å²) in [6, 6.07) is 13.9. The van der Waals surface area contributed by atoms with Crippen molar-refractivity contribution in [3.63, 3.8) is 0 Å². The summed E-state index contributed by atoms with van der Waals surface area (Å²) in [5.74, 6) is 0.362. The summed E-state index contributed by atoms with van der Waals surface area (Å²) in [6.45, 7) is 2.59. The second-order valence-corrected chi connectivity index (χ2v) is 7.54.